The third-order valence-electron chi connectivity index (χ3n) is 6.27. The molecule has 1 aromatic heterocycles. The smallest absolute Gasteiger partial charge is 0.261 e. The lowest BCUT2D eigenvalue weighted by Gasteiger charge is -2.32. The van der Waals surface area contributed by atoms with Crippen molar-refractivity contribution < 1.29 is 4.79 Å². The number of likely N-dealkylation sites (tertiary alicyclic amines) is 1. The average Bonchev–Trinajstić information content (AvgIpc) is 2.97. The molecule has 6 nitrogen and oxygen atoms in total. The molecule has 1 aromatic carbocycles. The van der Waals surface area contributed by atoms with E-state index in [1.807, 2.05) is 22.6 Å². The summed E-state index contributed by atoms with van der Waals surface area (Å²) in [7, 11) is 1.98. The zero-order chi connectivity index (χ0) is 19.5. The first kappa shape index (κ1) is 19.1. The van der Waals surface area contributed by atoms with Crippen molar-refractivity contribution >= 4 is 16.8 Å². The van der Waals surface area contributed by atoms with Crippen LogP contribution in [0.3, 0.4) is 0 Å². The van der Waals surface area contributed by atoms with Crippen LogP contribution >= 0.6 is 0 Å². The van der Waals surface area contributed by atoms with Gasteiger partial charge in [-0.15, -0.1) is 0 Å². The van der Waals surface area contributed by atoms with Crippen molar-refractivity contribution in [2.45, 2.75) is 51.5 Å². The number of carbonyl (C=O) groups excluding carboxylic acids is 1. The van der Waals surface area contributed by atoms with Gasteiger partial charge in [-0.25, -0.2) is 4.98 Å². The maximum atomic E-state index is 13.0. The zero-order valence-corrected chi connectivity index (χ0v) is 16.7. The largest absolute Gasteiger partial charge is 0.339 e. The highest BCUT2D eigenvalue weighted by Crippen LogP contribution is 2.23. The van der Waals surface area contributed by atoms with Gasteiger partial charge in [-0.2, -0.15) is 0 Å². The van der Waals surface area contributed by atoms with E-state index in [0.29, 0.717) is 22.4 Å². The number of aryl methyl sites for hydroxylation is 1. The van der Waals surface area contributed by atoms with Gasteiger partial charge < -0.3 is 10.2 Å². The number of aromatic nitrogens is 2. The van der Waals surface area contributed by atoms with Gasteiger partial charge in [0.25, 0.3) is 11.5 Å². The SMILES string of the molecule is CNCCC1CCN(C(=O)c2ccc3c(=O)n4c(nc3c2)CCCCC4)CC1. The molecule has 0 bridgehead atoms. The second-order valence-electron chi connectivity index (χ2n) is 8.16. The molecule has 0 atom stereocenters. The Hall–Kier alpha value is -2.21. The third-order valence-corrected chi connectivity index (χ3v) is 6.27. The molecule has 2 aliphatic rings. The van der Waals surface area contributed by atoms with E-state index >= 15 is 0 Å². The Morgan fingerprint density at radius 2 is 2.00 bits per heavy atom. The van der Waals surface area contributed by atoms with Crippen LogP contribution < -0.4 is 10.9 Å². The van der Waals surface area contributed by atoms with Gasteiger partial charge in [0.2, 0.25) is 0 Å². The van der Waals surface area contributed by atoms with Crippen molar-refractivity contribution in [3.8, 4) is 0 Å². The molecule has 2 aromatic rings. The lowest BCUT2D eigenvalue weighted by Crippen LogP contribution is -2.39. The summed E-state index contributed by atoms with van der Waals surface area (Å²) in [5.41, 5.74) is 1.34. The molecule has 0 aliphatic carbocycles. The number of nitrogens with zero attached hydrogens (tertiary/aromatic N) is 3. The fraction of sp³-hybridized carbons (Fsp3) is 0.591. The third kappa shape index (κ3) is 3.83. The topological polar surface area (TPSA) is 67.2 Å². The highest BCUT2D eigenvalue weighted by atomic mass is 16.2. The minimum absolute atomic E-state index is 0.0336. The van der Waals surface area contributed by atoms with Gasteiger partial charge in [0.1, 0.15) is 5.82 Å². The number of carbonyl (C=O) groups is 1. The van der Waals surface area contributed by atoms with Crippen molar-refractivity contribution in [3.63, 3.8) is 0 Å². The Morgan fingerprint density at radius 1 is 1.18 bits per heavy atom. The summed E-state index contributed by atoms with van der Waals surface area (Å²) < 4.78 is 1.83. The van der Waals surface area contributed by atoms with Crippen LogP contribution in [-0.2, 0) is 13.0 Å². The number of hydrogen-bond acceptors (Lipinski definition) is 4. The summed E-state index contributed by atoms with van der Waals surface area (Å²) in [6, 6.07) is 5.40. The Balaban J connectivity index is 1.55. The molecule has 0 saturated carbocycles. The standard InChI is InChI=1S/C22H30N4O2/c1-23-11-8-16-9-13-25(14-10-16)21(27)17-6-7-18-19(15-17)24-20-5-3-2-4-12-26(20)22(18)28/h6-7,15-16,23H,2-5,8-14H2,1H3. The Labute approximate surface area is 165 Å². The van der Waals surface area contributed by atoms with Gasteiger partial charge in [-0.3, -0.25) is 14.2 Å². The molecule has 1 amide bonds. The van der Waals surface area contributed by atoms with Gasteiger partial charge in [-0.05, 0) is 69.8 Å². The van der Waals surface area contributed by atoms with Crippen LogP contribution in [0.4, 0.5) is 0 Å². The molecule has 1 saturated heterocycles. The molecule has 150 valence electrons. The Morgan fingerprint density at radius 3 is 2.79 bits per heavy atom. The first-order valence-corrected chi connectivity index (χ1v) is 10.6. The van der Waals surface area contributed by atoms with Gasteiger partial charge in [0.15, 0.2) is 0 Å². The van der Waals surface area contributed by atoms with Crippen LogP contribution in [0.5, 0.6) is 0 Å². The molecule has 4 rings (SSSR count). The van der Waals surface area contributed by atoms with Crippen LogP contribution in [-0.4, -0.2) is 47.0 Å². The average molecular weight is 383 g/mol. The van der Waals surface area contributed by atoms with E-state index in [1.165, 1.54) is 6.42 Å². The molecule has 1 fully saturated rings. The number of benzene rings is 1. The summed E-state index contributed by atoms with van der Waals surface area (Å²) >= 11 is 0. The number of hydrogen-bond donors (Lipinski definition) is 1. The Kier molecular flexibility index (Phi) is 5.76. The van der Waals surface area contributed by atoms with Crippen molar-refractivity contribution in [2.75, 3.05) is 26.7 Å². The number of fused-ring (bicyclic) bond motifs is 2. The normalized spacial score (nSPS) is 18.1. The van der Waals surface area contributed by atoms with E-state index in [1.54, 1.807) is 12.1 Å². The highest BCUT2D eigenvalue weighted by molar-refractivity contribution is 5.97. The number of amides is 1. The molecule has 0 unspecified atom stereocenters. The van der Waals surface area contributed by atoms with Gasteiger partial charge in [0.05, 0.1) is 10.9 Å². The second-order valence-corrected chi connectivity index (χ2v) is 8.16. The maximum absolute atomic E-state index is 13.0. The number of piperidine rings is 1. The maximum Gasteiger partial charge on any atom is 0.261 e. The van der Waals surface area contributed by atoms with Crippen LogP contribution in [0.15, 0.2) is 23.0 Å². The predicted octanol–water partition coefficient (Wildman–Crippen LogP) is 2.58. The van der Waals surface area contributed by atoms with E-state index in [9.17, 15) is 9.59 Å². The summed E-state index contributed by atoms with van der Waals surface area (Å²) in [5.74, 6) is 1.63. The first-order valence-electron chi connectivity index (χ1n) is 10.6. The van der Waals surface area contributed by atoms with Crippen molar-refractivity contribution in [3.05, 3.63) is 39.9 Å². The molecule has 1 N–H and O–H groups in total. The van der Waals surface area contributed by atoms with Crippen LogP contribution in [0.1, 0.15) is 54.7 Å². The minimum atomic E-state index is 0.0336. The molecule has 0 radical (unpaired) electrons. The van der Waals surface area contributed by atoms with E-state index in [4.69, 9.17) is 4.98 Å². The Bertz CT molecular complexity index is 913. The van der Waals surface area contributed by atoms with Crippen LogP contribution in [0.25, 0.3) is 10.9 Å². The fourth-order valence-electron chi connectivity index (χ4n) is 4.51. The van der Waals surface area contributed by atoms with Gasteiger partial charge in [-0.1, -0.05) is 6.42 Å². The number of rotatable bonds is 4. The summed E-state index contributed by atoms with van der Waals surface area (Å²) in [6.45, 7) is 3.41. The van der Waals surface area contributed by atoms with Crippen LogP contribution in [0, 0.1) is 5.92 Å². The second kappa shape index (κ2) is 8.43. The van der Waals surface area contributed by atoms with E-state index < -0.39 is 0 Å². The summed E-state index contributed by atoms with van der Waals surface area (Å²) in [4.78, 5) is 32.6. The van der Waals surface area contributed by atoms with Crippen molar-refractivity contribution in [1.82, 2.24) is 19.8 Å². The summed E-state index contributed by atoms with van der Waals surface area (Å²) in [5, 5.41) is 3.83. The van der Waals surface area contributed by atoms with Gasteiger partial charge in [0, 0.05) is 31.6 Å². The summed E-state index contributed by atoms with van der Waals surface area (Å²) in [6.07, 6.45) is 7.37. The van der Waals surface area contributed by atoms with Crippen LogP contribution in [0.2, 0.25) is 0 Å². The minimum Gasteiger partial charge on any atom is -0.339 e. The number of nitrogens with one attached hydrogen (secondary N) is 1. The van der Waals surface area contributed by atoms with E-state index in [-0.39, 0.29) is 11.5 Å². The van der Waals surface area contributed by atoms with E-state index in [2.05, 4.69) is 5.32 Å². The quantitative estimate of drug-likeness (QED) is 0.883. The fourth-order valence-corrected chi connectivity index (χ4v) is 4.51. The zero-order valence-electron chi connectivity index (χ0n) is 16.7. The van der Waals surface area contributed by atoms with E-state index in [0.717, 1.165) is 70.5 Å². The highest BCUT2D eigenvalue weighted by Gasteiger charge is 2.24. The van der Waals surface area contributed by atoms with Crippen molar-refractivity contribution in [2.24, 2.45) is 5.92 Å². The lowest BCUT2D eigenvalue weighted by atomic mass is 9.93. The molecule has 6 heteroatoms. The van der Waals surface area contributed by atoms with Crippen molar-refractivity contribution in [1.29, 1.82) is 0 Å². The molecular weight excluding hydrogens is 352 g/mol. The molecule has 28 heavy (non-hydrogen) atoms. The molecule has 2 aliphatic heterocycles. The predicted molar refractivity (Wildman–Crippen MR) is 111 cm³/mol. The molecular formula is C22H30N4O2. The monoisotopic (exact) mass is 382 g/mol. The molecule has 3 heterocycles. The molecule has 0 spiro atoms. The van der Waals surface area contributed by atoms with Gasteiger partial charge >= 0.3 is 0 Å². The lowest BCUT2D eigenvalue weighted by molar-refractivity contribution is 0.0687. The first-order chi connectivity index (χ1) is 13.7.